The van der Waals surface area contributed by atoms with Gasteiger partial charge in [-0.1, -0.05) is 11.6 Å². The maximum atomic E-state index is 12.4. The second kappa shape index (κ2) is 5.48. The lowest BCUT2D eigenvalue weighted by Gasteiger charge is -2.33. The van der Waals surface area contributed by atoms with E-state index in [1.54, 1.807) is 0 Å². The number of phenols is 1. The van der Waals surface area contributed by atoms with E-state index >= 15 is 0 Å². The van der Waals surface area contributed by atoms with E-state index in [2.05, 4.69) is 0 Å². The normalized spacial score (nSPS) is 19.2. The van der Waals surface area contributed by atoms with Crippen LogP contribution in [0.2, 0.25) is 5.02 Å². The molecule has 0 spiro atoms. The van der Waals surface area contributed by atoms with E-state index in [1.807, 2.05) is 0 Å². The zero-order valence-corrected chi connectivity index (χ0v) is 11.1. The van der Waals surface area contributed by atoms with Gasteiger partial charge in [0, 0.05) is 11.6 Å². The lowest BCUT2D eigenvalue weighted by molar-refractivity contribution is -0.123. The van der Waals surface area contributed by atoms with Crippen LogP contribution < -0.4 is 5.73 Å². The van der Waals surface area contributed by atoms with Crippen LogP contribution in [0.4, 0.5) is 0 Å². The van der Waals surface area contributed by atoms with Gasteiger partial charge < -0.3 is 15.7 Å². The lowest BCUT2D eigenvalue weighted by Crippen LogP contribution is -2.50. The Labute approximate surface area is 116 Å². The Balaban J connectivity index is 2.31. The first-order valence-electron chi connectivity index (χ1n) is 6.09. The van der Waals surface area contributed by atoms with Gasteiger partial charge in [-0.05, 0) is 37.5 Å². The summed E-state index contributed by atoms with van der Waals surface area (Å²) < 4.78 is 0. The Morgan fingerprint density at radius 3 is 2.79 bits per heavy atom. The average molecular weight is 283 g/mol. The molecule has 0 radical (unpaired) electrons. The molecule has 2 rings (SSSR count). The third kappa shape index (κ3) is 2.81. The van der Waals surface area contributed by atoms with Gasteiger partial charge in [0.25, 0.3) is 5.91 Å². The van der Waals surface area contributed by atoms with Crippen LogP contribution in [-0.2, 0) is 4.79 Å². The minimum absolute atomic E-state index is 0.0978. The summed E-state index contributed by atoms with van der Waals surface area (Å²) in [4.78, 5) is 25.2. The standard InChI is InChI=1S/C13H15ClN2O3/c14-8-4-5-11(17)9(7-8)13(19)16-6-2-1-3-10(16)12(15)18/h4-5,7,10,17H,1-3,6H2,(H2,15,18). The Bertz CT molecular complexity index is 519. The van der Waals surface area contributed by atoms with Gasteiger partial charge in [-0.25, -0.2) is 0 Å². The van der Waals surface area contributed by atoms with Crippen LogP contribution in [0.5, 0.6) is 5.75 Å². The number of primary amides is 1. The minimum atomic E-state index is -0.611. The van der Waals surface area contributed by atoms with Crippen LogP contribution in [-0.4, -0.2) is 34.4 Å². The number of phenolic OH excluding ortho intramolecular Hbond substituents is 1. The van der Waals surface area contributed by atoms with E-state index in [0.717, 1.165) is 12.8 Å². The van der Waals surface area contributed by atoms with Crippen molar-refractivity contribution in [1.29, 1.82) is 0 Å². The number of carbonyl (C=O) groups excluding carboxylic acids is 2. The smallest absolute Gasteiger partial charge is 0.258 e. The average Bonchev–Trinajstić information content (AvgIpc) is 2.40. The fourth-order valence-corrected chi connectivity index (χ4v) is 2.48. The molecule has 1 aliphatic rings. The van der Waals surface area contributed by atoms with E-state index < -0.39 is 17.9 Å². The number of hydrogen-bond donors (Lipinski definition) is 2. The van der Waals surface area contributed by atoms with Gasteiger partial charge in [-0.3, -0.25) is 9.59 Å². The number of hydrogen-bond acceptors (Lipinski definition) is 3. The number of likely N-dealkylation sites (tertiary alicyclic amines) is 1. The van der Waals surface area contributed by atoms with Crippen molar-refractivity contribution in [3.05, 3.63) is 28.8 Å². The second-order valence-corrected chi connectivity index (χ2v) is 5.01. The molecule has 1 atom stereocenters. The Morgan fingerprint density at radius 2 is 2.11 bits per heavy atom. The van der Waals surface area contributed by atoms with Crippen LogP contribution >= 0.6 is 11.6 Å². The summed E-state index contributed by atoms with van der Waals surface area (Å²) in [6, 6.07) is 3.64. The van der Waals surface area contributed by atoms with Crippen LogP contribution in [0.25, 0.3) is 0 Å². The molecule has 0 aromatic heterocycles. The number of amides is 2. The Morgan fingerprint density at radius 1 is 1.37 bits per heavy atom. The molecule has 1 unspecified atom stereocenters. The highest BCUT2D eigenvalue weighted by Gasteiger charge is 2.32. The molecule has 6 heteroatoms. The summed E-state index contributed by atoms with van der Waals surface area (Å²) in [5.74, 6) is -1.08. The summed E-state index contributed by atoms with van der Waals surface area (Å²) in [6.45, 7) is 0.457. The van der Waals surface area contributed by atoms with Gasteiger partial charge in [0.2, 0.25) is 5.91 Å². The monoisotopic (exact) mass is 282 g/mol. The predicted octanol–water partition coefficient (Wildman–Crippen LogP) is 1.53. The summed E-state index contributed by atoms with van der Waals surface area (Å²) in [5, 5.41) is 10.1. The molecule has 3 N–H and O–H groups in total. The van der Waals surface area contributed by atoms with Gasteiger partial charge in [0.05, 0.1) is 5.56 Å². The van der Waals surface area contributed by atoms with Gasteiger partial charge >= 0.3 is 0 Å². The van der Waals surface area contributed by atoms with Gasteiger partial charge in [-0.15, -0.1) is 0 Å². The van der Waals surface area contributed by atoms with Crippen molar-refractivity contribution in [3.8, 4) is 5.75 Å². The Kier molecular flexibility index (Phi) is 3.95. The number of nitrogens with two attached hydrogens (primary N) is 1. The van der Waals surface area contributed by atoms with E-state index in [-0.39, 0.29) is 11.3 Å². The first kappa shape index (κ1) is 13.7. The quantitative estimate of drug-likeness (QED) is 0.863. The van der Waals surface area contributed by atoms with Crippen molar-refractivity contribution < 1.29 is 14.7 Å². The summed E-state index contributed by atoms with van der Waals surface area (Å²) in [5.41, 5.74) is 5.42. The largest absolute Gasteiger partial charge is 0.507 e. The highest BCUT2D eigenvalue weighted by molar-refractivity contribution is 6.31. The molecule has 1 saturated heterocycles. The van der Waals surface area contributed by atoms with Crippen LogP contribution in [0.1, 0.15) is 29.6 Å². The number of rotatable bonds is 2. The zero-order chi connectivity index (χ0) is 14.0. The molecular formula is C13H15ClN2O3. The predicted molar refractivity (Wildman–Crippen MR) is 71.0 cm³/mol. The fourth-order valence-electron chi connectivity index (χ4n) is 2.30. The van der Waals surface area contributed by atoms with Gasteiger partial charge in [0.15, 0.2) is 0 Å². The van der Waals surface area contributed by atoms with Crippen LogP contribution in [0, 0.1) is 0 Å². The molecular weight excluding hydrogens is 268 g/mol. The molecule has 1 heterocycles. The molecule has 1 aromatic rings. The maximum Gasteiger partial charge on any atom is 0.258 e. The highest BCUT2D eigenvalue weighted by Crippen LogP contribution is 2.26. The number of carbonyl (C=O) groups is 2. The molecule has 2 amide bonds. The number of nitrogens with zero attached hydrogens (tertiary/aromatic N) is 1. The molecule has 1 aliphatic heterocycles. The van der Waals surface area contributed by atoms with Gasteiger partial charge in [0.1, 0.15) is 11.8 Å². The Hall–Kier alpha value is -1.75. The number of benzene rings is 1. The summed E-state index contributed by atoms with van der Waals surface area (Å²) in [6.07, 6.45) is 2.23. The van der Waals surface area contributed by atoms with E-state index in [9.17, 15) is 14.7 Å². The first-order valence-corrected chi connectivity index (χ1v) is 6.47. The van der Waals surface area contributed by atoms with E-state index in [4.69, 9.17) is 17.3 Å². The molecule has 102 valence electrons. The van der Waals surface area contributed by atoms with Gasteiger partial charge in [-0.2, -0.15) is 0 Å². The topological polar surface area (TPSA) is 83.6 Å². The molecule has 0 aliphatic carbocycles. The molecule has 0 saturated carbocycles. The number of aromatic hydroxyl groups is 1. The maximum absolute atomic E-state index is 12.4. The zero-order valence-electron chi connectivity index (χ0n) is 10.3. The fraction of sp³-hybridized carbons (Fsp3) is 0.385. The van der Waals surface area contributed by atoms with Crippen molar-refractivity contribution in [2.45, 2.75) is 25.3 Å². The third-order valence-electron chi connectivity index (χ3n) is 3.28. The van der Waals surface area contributed by atoms with Crippen LogP contribution in [0.15, 0.2) is 18.2 Å². The number of piperidine rings is 1. The van der Waals surface area contributed by atoms with Crippen LogP contribution in [0.3, 0.4) is 0 Å². The van der Waals surface area contributed by atoms with Crippen molar-refractivity contribution in [1.82, 2.24) is 4.90 Å². The van der Waals surface area contributed by atoms with Crippen molar-refractivity contribution in [3.63, 3.8) is 0 Å². The molecule has 0 bridgehead atoms. The second-order valence-electron chi connectivity index (χ2n) is 4.57. The van der Waals surface area contributed by atoms with E-state index in [1.165, 1.54) is 23.1 Å². The van der Waals surface area contributed by atoms with Crippen molar-refractivity contribution in [2.24, 2.45) is 5.73 Å². The highest BCUT2D eigenvalue weighted by atomic mass is 35.5. The van der Waals surface area contributed by atoms with E-state index in [0.29, 0.717) is 18.0 Å². The summed E-state index contributed by atoms with van der Waals surface area (Å²) in [7, 11) is 0. The molecule has 19 heavy (non-hydrogen) atoms. The number of halogens is 1. The summed E-state index contributed by atoms with van der Waals surface area (Å²) >= 11 is 5.83. The first-order chi connectivity index (χ1) is 9.00. The molecule has 1 aromatic carbocycles. The minimum Gasteiger partial charge on any atom is -0.507 e. The van der Waals surface area contributed by atoms with Crippen molar-refractivity contribution in [2.75, 3.05) is 6.54 Å². The molecule has 5 nitrogen and oxygen atoms in total. The third-order valence-corrected chi connectivity index (χ3v) is 3.52. The van der Waals surface area contributed by atoms with Crippen molar-refractivity contribution >= 4 is 23.4 Å². The molecule has 1 fully saturated rings. The SMILES string of the molecule is NC(=O)C1CCCCN1C(=O)c1cc(Cl)ccc1O. The lowest BCUT2D eigenvalue weighted by atomic mass is 10.00.